The molecule has 1 nitrogen and oxygen atoms in total. The average Bonchev–Trinajstić information content (AvgIpc) is 3.21. The fourth-order valence-corrected chi connectivity index (χ4v) is 5.66. The second-order valence-corrected chi connectivity index (χ2v) is 9.55. The molecule has 4 aromatic carbocycles. The van der Waals surface area contributed by atoms with Crippen molar-refractivity contribution in [3.8, 4) is 0 Å². The Morgan fingerprint density at radius 3 is 2.37 bits per heavy atom. The molecule has 0 fully saturated rings. The van der Waals surface area contributed by atoms with Gasteiger partial charge in [0.15, 0.2) is 0 Å². The molecule has 35 heavy (non-hydrogen) atoms. The molecule has 0 heterocycles. The molecule has 6 rings (SSSR count). The van der Waals surface area contributed by atoms with E-state index in [9.17, 15) is 0 Å². The maximum absolute atomic E-state index is 3.36. The zero-order chi connectivity index (χ0) is 23.6. The first-order valence-electron chi connectivity index (χ1n) is 12.5. The van der Waals surface area contributed by atoms with E-state index in [0.29, 0.717) is 11.8 Å². The van der Waals surface area contributed by atoms with Crippen LogP contribution in [0.3, 0.4) is 0 Å². The molecule has 2 aliphatic carbocycles. The van der Waals surface area contributed by atoms with Crippen LogP contribution in [-0.2, 0) is 6.42 Å². The summed E-state index contributed by atoms with van der Waals surface area (Å²) in [5.74, 6) is 0.830. The topological polar surface area (TPSA) is 3.24 Å². The number of hydrogen-bond acceptors (Lipinski definition) is 1. The van der Waals surface area contributed by atoms with Gasteiger partial charge in [-0.1, -0.05) is 85.8 Å². The van der Waals surface area contributed by atoms with Crippen molar-refractivity contribution in [2.24, 2.45) is 5.92 Å². The quantitative estimate of drug-likeness (QED) is 0.288. The van der Waals surface area contributed by atoms with Gasteiger partial charge in [-0.15, -0.1) is 0 Å². The van der Waals surface area contributed by atoms with Crippen LogP contribution in [0.15, 0.2) is 109 Å². The molecule has 0 bridgehead atoms. The first-order chi connectivity index (χ1) is 17.3. The molecular weight excluding hydrogens is 422 g/mol. The van der Waals surface area contributed by atoms with Gasteiger partial charge in [-0.25, -0.2) is 0 Å². The highest BCUT2D eigenvalue weighted by molar-refractivity contribution is 5.83. The standard InChI is InChI=1S/C34H28N/c1-25-31-21-20-27(22-26-12-5-2-6-13-26)23-33(31)34-28(14-11-19-32(25)34)24-35(29-15-7-3-8-16-29)30-17-9-4-10-18-30/h2-3,5-13,15-16,19-21,23,25,28H,14,22,24H2,1H3. The molecule has 0 aliphatic heterocycles. The van der Waals surface area contributed by atoms with Crippen LogP contribution in [0.1, 0.15) is 41.5 Å². The Bertz CT molecular complexity index is 1330. The maximum Gasteiger partial charge on any atom is 0.0572 e. The van der Waals surface area contributed by atoms with Crippen molar-refractivity contribution in [1.82, 2.24) is 0 Å². The van der Waals surface area contributed by atoms with E-state index in [0.717, 1.165) is 25.1 Å². The van der Waals surface area contributed by atoms with Crippen LogP contribution in [-0.4, -0.2) is 6.54 Å². The largest absolute Gasteiger partial charge is 0.340 e. The van der Waals surface area contributed by atoms with Gasteiger partial charge in [0.05, 0.1) is 5.69 Å². The lowest BCUT2D eigenvalue weighted by Crippen LogP contribution is -2.26. The summed E-state index contributed by atoms with van der Waals surface area (Å²) in [5.41, 5.74) is 10.8. The normalized spacial score (nSPS) is 18.3. The van der Waals surface area contributed by atoms with Gasteiger partial charge in [0.25, 0.3) is 0 Å². The number of rotatable bonds is 6. The van der Waals surface area contributed by atoms with E-state index in [1.54, 1.807) is 0 Å². The third kappa shape index (κ3) is 4.23. The zero-order valence-corrected chi connectivity index (χ0v) is 20.0. The molecule has 2 atom stereocenters. The molecule has 1 heteroatoms. The van der Waals surface area contributed by atoms with Crippen LogP contribution in [0.4, 0.5) is 11.4 Å². The monoisotopic (exact) mass is 450 g/mol. The highest BCUT2D eigenvalue weighted by Crippen LogP contribution is 2.49. The Morgan fingerprint density at radius 1 is 0.857 bits per heavy atom. The van der Waals surface area contributed by atoms with Crippen LogP contribution in [0.25, 0.3) is 5.57 Å². The summed E-state index contributed by atoms with van der Waals surface area (Å²) in [6.07, 6.45) is 6.74. The lowest BCUT2D eigenvalue weighted by molar-refractivity contribution is 0.670. The highest BCUT2D eigenvalue weighted by atomic mass is 15.1. The van der Waals surface area contributed by atoms with Crippen molar-refractivity contribution in [2.75, 3.05) is 11.4 Å². The fraction of sp³-hybridized carbons (Fsp3) is 0.176. The maximum atomic E-state index is 3.36. The molecular formula is C34H28N. The third-order valence-electron chi connectivity index (χ3n) is 7.35. The smallest absolute Gasteiger partial charge is 0.0572 e. The molecule has 2 aliphatic rings. The van der Waals surface area contributed by atoms with Gasteiger partial charge in [0, 0.05) is 36.2 Å². The van der Waals surface area contributed by atoms with Gasteiger partial charge < -0.3 is 4.90 Å². The van der Waals surface area contributed by atoms with Crippen LogP contribution >= 0.6 is 0 Å². The Kier molecular flexibility index (Phi) is 5.84. The number of anilines is 2. The van der Waals surface area contributed by atoms with Crippen LogP contribution in [0.2, 0.25) is 0 Å². The van der Waals surface area contributed by atoms with E-state index >= 15 is 0 Å². The minimum atomic E-state index is 0.400. The van der Waals surface area contributed by atoms with Gasteiger partial charge >= 0.3 is 0 Å². The molecule has 2 unspecified atom stereocenters. The lowest BCUT2D eigenvalue weighted by Gasteiger charge is -2.32. The molecule has 0 amide bonds. The average molecular weight is 451 g/mol. The summed E-state index contributed by atoms with van der Waals surface area (Å²) in [6.45, 7) is 3.24. The van der Waals surface area contributed by atoms with E-state index < -0.39 is 0 Å². The first kappa shape index (κ1) is 21.7. The number of para-hydroxylation sites is 1. The van der Waals surface area contributed by atoms with Crippen molar-refractivity contribution in [3.63, 3.8) is 0 Å². The van der Waals surface area contributed by atoms with Gasteiger partial charge in [-0.2, -0.15) is 0 Å². The molecule has 169 valence electrons. The predicted molar refractivity (Wildman–Crippen MR) is 145 cm³/mol. The summed E-state index contributed by atoms with van der Waals surface area (Å²) < 4.78 is 0. The summed E-state index contributed by atoms with van der Waals surface area (Å²) in [6, 6.07) is 42.0. The fourth-order valence-electron chi connectivity index (χ4n) is 5.66. The Labute approximate surface area is 209 Å². The molecule has 0 saturated carbocycles. The third-order valence-corrected chi connectivity index (χ3v) is 7.35. The minimum Gasteiger partial charge on any atom is -0.340 e. The summed E-state index contributed by atoms with van der Waals surface area (Å²) in [4.78, 5) is 2.36. The molecule has 0 spiro atoms. The van der Waals surface area contributed by atoms with Gasteiger partial charge in [0.2, 0.25) is 0 Å². The van der Waals surface area contributed by atoms with Crippen LogP contribution < -0.4 is 4.90 Å². The van der Waals surface area contributed by atoms with Crippen molar-refractivity contribution in [1.29, 1.82) is 0 Å². The van der Waals surface area contributed by atoms with Gasteiger partial charge in [-0.3, -0.25) is 0 Å². The minimum absolute atomic E-state index is 0.400. The highest BCUT2D eigenvalue weighted by Gasteiger charge is 2.34. The predicted octanol–water partition coefficient (Wildman–Crippen LogP) is 7.96. The molecule has 0 N–H and O–H groups in total. The number of nitrogens with zero attached hydrogens (tertiary/aromatic N) is 1. The Morgan fingerprint density at radius 2 is 1.60 bits per heavy atom. The zero-order valence-electron chi connectivity index (χ0n) is 20.0. The van der Waals surface area contributed by atoms with E-state index in [4.69, 9.17) is 0 Å². The number of fused-ring (bicyclic) bond motifs is 2. The second-order valence-electron chi connectivity index (χ2n) is 9.55. The Hall–Kier alpha value is -3.84. The van der Waals surface area contributed by atoms with E-state index in [2.05, 4.69) is 121 Å². The molecule has 0 aromatic heterocycles. The SMILES string of the molecule is CC1C2=C(c3cc(Cc4ccccc4)ccc31)C(CN(c1[c]c[c]c[c]1)c1ccccc1)CC=C2. The lowest BCUT2D eigenvalue weighted by atomic mass is 9.84. The number of allylic oxidation sites excluding steroid dienone is 3. The number of hydrogen-bond donors (Lipinski definition) is 0. The molecule has 4 aromatic rings. The van der Waals surface area contributed by atoms with E-state index in [1.807, 2.05) is 12.1 Å². The summed E-state index contributed by atoms with van der Waals surface area (Å²) >= 11 is 0. The van der Waals surface area contributed by atoms with Gasteiger partial charge in [0.1, 0.15) is 0 Å². The number of benzene rings is 4. The van der Waals surface area contributed by atoms with Crippen molar-refractivity contribution in [2.45, 2.75) is 25.7 Å². The van der Waals surface area contributed by atoms with E-state index in [-0.39, 0.29) is 0 Å². The van der Waals surface area contributed by atoms with Crippen molar-refractivity contribution in [3.05, 3.63) is 149 Å². The van der Waals surface area contributed by atoms with Crippen LogP contribution in [0.5, 0.6) is 0 Å². The second kappa shape index (κ2) is 9.43. The van der Waals surface area contributed by atoms with E-state index in [1.165, 1.54) is 39.1 Å². The first-order valence-corrected chi connectivity index (χ1v) is 12.5. The molecule has 3 radical (unpaired) electrons. The van der Waals surface area contributed by atoms with Crippen molar-refractivity contribution >= 4 is 16.9 Å². The summed E-state index contributed by atoms with van der Waals surface area (Å²) in [5, 5.41) is 0. The van der Waals surface area contributed by atoms with Crippen LogP contribution in [0, 0.1) is 24.1 Å². The Balaban J connectivity index is 1.37. The summed E-state index contributed by atoms with van der Waals surface area (Å²) in [7, 11) is 0. The van der Waals surface area contributed by atoms with Crippen molar-refractivity contribution < 1.29 is 0 Å². The van der Waals surface area contributed by atoms with Gasteiger partial charge in [-0.05, 0) is 76.6 Å². The molecule has 0 saturated heterocycles.